The summed E-state index contributed by atoms with van der Waals surface area (Å²) in [5.74, 6) is -1.60. The molecule has 3 aromatic rings. The van der Waals surface area contributed by atoms with Gasteiger partial charge in [0.15, 0.2) is 17.8 Å². The Morgan fingerprint density at radius 1 is 1.18 bits per heavy atom. The van der Waals surface area contributed by atoms with E-state index in [0.717, 1.165) is 10.2 Å². The van der Waals surface area contributed by atoms with E-state index in [1.165, 1.54) is 31.3 Å². The van der Waals surface area contributed by atoms with Crippen molar-refractivity contribution in [1.82, 2.24) is 19.7 Å². The lowest BCUT2D eigenvalue weighted by molar-refractivity contribution is -0.0845. The first-order valence-corrected chi connectivity index (χ1v) is 14.7. The Hall–Kier alpha value is -2.29. The molecule has 0 spiro atoms. The number of fused-ring (bicyclic) bond motifs is 1. The van der Waals surface area contributed by atoms with Gasteiger partial charge in [0.25, 0.3) is 0 Å². The van der Waals surface area contributed by atoms with Crippen molar-refractivity contribution in [2.75, 3.05) is 17.8 Å². The van der Waals surface area contributed by atoms with Crippen LogP contribution in [0.1, 0.15) is 18.7 Å². The number of nitrogens with zero attached hydrogens (tertiary/aromatic N) is 4. The number of benzene rings is 1. The number of nitrogens with one attached hydrogen (secondary N) is 1. The van der Waals surface area contributed by atoms with Gasteiger partial charge >= 0.3 is 15.2 Å². The van der Waals surface area contributed by atoms with E-state index in [1.54, 1.807) is 12.1 Å². The third kappa shape index (κ3) is 7.87. The molecule has 3 rings (SSSR count). The van der Waals surface area contributed by atoms with Gasteiger partial charge < -0.3 is 39.8 Å². The van der Waals surface area contributed by atoms with E-state index in [-0.39, 0.29) is 28.9 Å². The van der Waals surface area contributed by atoms with Crippen molar-refractivity contribution in [2.45, 2.75) is 31.9 Å². The van der Waals surface area contributed by atoms with Gasteiger partial charge in [0, 0.05) is 6.54 Å². The van der Waals surface area contributed by atoms with E-state index in [0.29, 0.717) is 5.39 Å². The van der Waals surface area contributed by atoms with Gasteiger partial charge in [0.1, 0.15) is 23.8 Å². The van der Waals surface area contributed by atoms with E-state index in [2.05, 4.69) is 24.9 Å². The second-order valence-corrected chi connectivity index (χ2v) is 12.4. The number of hydrogen-bond donors (Lipinski definition) is 7. The maximum atomic E-state index is 13.1. The van der Waals surface area contributed by atoms with Crippen LogP contribution in [0.5, 0.6) is 0 Å². The van der Waals surface area contributed by atoms with E-state index in [1.807, 2.05) is 0 Å². The van der Waals surface area contributed by atoms with Crippen LogP contribution in [0, 0.1) is 5.82 Å². The SMILES string of the molecule is C/C=C(/COP(=O)(O)CP(=O)(O)O)[C@@H](O)[C@@H](O)[C@@H](O)n1ncc2c(NCc3ccc(F)cc3)nc(Cl)nc21. The number of halogens is 2. The van der Waals surface area contributed by atoms with Gasteiger partial charge in [-0.2, -0.15) is 15.1 Å². The van der Waals surface area contributed by atoms with Crippen molar-refractivity contribution < 1.29 is 48.0 Å². The highest BCUT2D eigenvalue weighted by Gasteiger charge is 2.34. The van der Waals surface area contributed by atoms with Crippen molar-refractivity contribution in [1.29, 1.82) is 0 Å². The van der Waals surface area contributed by atoms with Crippen molar-refractivity contribution in [3.8, 4) is 0 Å². The summed E-state index contributed by atoms with van der Waals surface area (Å²) in [4.78, 5) is 35.5. The summed E-state index contributed by atoms with van der Waals surface area (Å²) in [5, 5.41) is 39.0. The molecule has 0 saturated heterocycles. The van der Waals surface area contributed by atoms with Crippen LogP contribution in [-0.2, 0) is 20.2 Å². The molecule has 7 N–H and O–H groups in total. The van der Waals surface area contributed by atoms with Gasteiger partial charge in [-0.25, -0.2) is 9.07 Å². The van der Waals surface area contributed by atoms with Crippen LogP contribution in [0.25, 0.3) is 11.0 Å². The molecule has 0 aliphatic rings. The summed E-state index contributed by atoms with van der Waals surface area (Å²) in [6.45, 7) is 0.862. The summed E-state index contributed by atoms with van der Waals surface area (Å²) in [6, 6.07) is 5.72. The largest absolute Gasteiger partial charge is 0.386 e. The third-order valence-corrected chi connectivity index (χ3v) is 8.83. The first-order chi connectivity index (χ1) is 17.7. The monoisotopic (exact) mass is 595 g/mol. The first-order valence-electron chi connectivity index (χ1n) is 10.8. The van der Waals surface area contributed by atoms with Crippen molar-refractivity contribution in [3.63, 3.8) is 0 Å². The molecule has 0 aliphatic heterocycles. The smallest absolute Gasteiger partial charge is 0.340 e. The number of hydrogen-bond acceptors (Lipinski definition) is 10. The highest BCUT2D eigenvalue weighted by molar-refractivity contribution is 7.70. The standard InChI is InChI=1S/C20H25ClFN5O9P2/c1-2-12(9-36-38(34,35)10-37(31,32)33)15(28)16(29)19(30)27-18-14(8-24-27)17(25-20(21)26-18)23-7-11-3-5-13(22)6-4-11/h2-6,8,15-16,19,28-30H,7,9-10H2,1H3,(H,34,35)(H,23,25,26)(H2,31,32,33)/b12-2-/t15-,16-,19-/m1/s1. The number of anilines is 1. The molecule has 0 saturated carbocycles. The molecule has 0 bridgehead atoms. The Morgan fingerprint density at radius 3 is 2.45 bits per heavy atom. The lowest BCUT2D eigenvalue weighted by Crippen LogP contribution is -2.37. The van der Waals surface area contributed by atoms with Crippen LogP contribution >= 0.6 is 26.8 Å². The fourth-order valence-corrected chi connectivity index (χ4v) is 6.04. The topological polar surface area (TPSA) is 220 Å². The maximum absolute atomic E-state index is 13.1. The van der Waals surface area contributed by atoms with E-state index in [4.69, 9.17) is 21.4 Å². The summed E-state index contributed by atoms with van der Waals surface area (Å²) >= 11 is 6.03. The van der Waals surface area contributed by atoms with Crippen LogP contribution < -0.4 is 5.32 Å². The number of aromatic nitrogens is 4. The van der Waals surface area contributed by atoms with Gasteiger partial charge in [-0.15, -0.1) is 0 Å². The average Bonchev–Trinajstić information content (AvgIpc) is 3.25. The molecule has 0 amide bonds. The molecule has 4 atom stereocenters. The summed E-state index contributed by atoms with van der Waals surface area (Å²) in [6.07, 6.45) is -3.19. The minimum absolute atomic E-state index is 0.00913. The fraction of sp³-hybridized carbons (Fsp3) is 0.350. The minimum Gasteiger partial charge on any atom is -0.386 e. The Kier molecular flexibility index (Phi) is 9.76. The average molecular weight is 596 g/mol. The van der Waals surface area contributed by atoms with Gasteiger partial charge in [-0.05, 0) is 41.8 Å². The fourth-order valence-electron chi connectivity index (χ4n) is 3.33. The lowest BCUT2D eigenvalue weighted by Gasteiger charge is -2.25. The number of aliphatic hydroxyl groups is 3. The number of allylic oxidation sites excluding steroid dienone is 1. The zero-order valence-electron chi connectivity index (χ0n) is 19.7. The summed E-state index contributed by atoms with van der Waals surface area (Å²) < 4.78 is 41.6. The Morgan fingerprint density at radius 2 is 1.84 bits per heavy atom. The van der Waals surface area contributed by atoms with E-state index in [9.17, 15) is 33.7 Å². The molecule has 1 aromatic carbocycles. The van der Waals surface area contributed by atoms with E-state index < -0.39 is 52.0 Å². The summed E-state index contributed by atoms with van der Waals surface area (Å²) in [5.41, 5.74) is 0.557. The lowest BCUT2D eigenvalue weighted by atomic mass is 10.0. The van der Waals surface area contributed by atoms with Crippen molar-refractivity contribution >= 4 is 43.6 Å². The third-order valence-electron chi connectivity index (χ3n) is 5.23. The van der Waals surface area contributed by atoms with Crippen LogP contribution in [-0.4, -0.2) is 74.5 Å². The molecule has 38 heavy (non-hydrogen) atoms. The van der Waals surface area contributed by atoms with Crippen molar-refractivity contribution in [3.05, 3.63) is 58.8 Å². The molecule has 0 fully saturated rings. The molecule has 18 heteroatoms. The second kappa shape index (κ2) is 12.3. The molecule has 0 radical (unpaired) electrons. The van der Waals surface area contributed by atoms with Gasteiger partial charge in [0.2, 0.25) is 5.28 Å². The zero-order chi connectivity index (χ0) is 28.3. The molecule has 0 aliphatic carbocycles. The molecule has 208 valence electrons. The molecular formula is C20H25ClFN5O9P2. The van der Waals surface area contributed by atoms with Gasteiger partial charge in [-0.1, -0.05) is 18.2 Å². The van der Waals surface area contributed by atoms with Gasteiger partial charge in [0.05, 0.1) is 18.2 Å². The van der Waals surface area contributed by atoms with Gasteiger partial charge in [-0.3, -0.25) is 9.13 Å². The van der Waals surface area contributed by atoms with Crippen LogP contribution in [0.4, 0.5) is 10.2 Å². The van der Waals surface area contributed by atoms with Crippen LogP contribution in [0.3, 0.4) is 0 Å². The molecular weight excluding hydrogens is 571 g/mol. The number of aliphatic hydroxyl groups excluding tert-OH is 3. The predicted octanol–water partition coefficient (Wildman–Crippen LogP) is 1.73. The van der Waals surface area contributed by atoms with Crippen LogP contribution in [0.2, 0.25) is 5.28 Å². The predicted molar refractivity (Wildman–Crippen MR) is 134 cm³/mol. The highest BCUT2D eigenvalue weighted by Crippen LogP contribution is 2.55. The Bertz CT molecular complexity index is 1400. The molecule has 2 heterocycles. The second-order valence-electron chi connectivity index (χ2n) is 8.08. The van der Waals surface area contributed by atoms with Crippen molar-refractivity contribution in [2.24, 2.45) is 0 Å². The zero-order valence-corrected chi connectivity index (χ0v) is 22.2. The van der Waals surface area contributed by atoms with E-state index >= 15 is 0 Å². The molecule has 2 aromatic heterocycles. The maximum Gasteiger partial charge on any atom is 0.340 e. The molecule has 1 unspecified atom stereocenters. The minimum atomic E-state index is -4.87. The quantitative estimate of drug-likeness (QED) is 0.0901. The normalized spacial score (nSPS) is 16.7. The Balaban J connectivity index is 1.77. The molecule has 14 nitrogen and oxygen atoms in total. The highest BCUT2D eigenvalue weighted by atomic mass is 35.5. The first kappa shape index (κ1) is 30.3. The number of rotatable bonds is 12. The van der Waals surface area contributed by atoms with Crippen LogP contribution in [0.15, 0.2) is 42.1 Å². The Labute approximate surface area is 220 Å². The summed E-state index contributed by atoms with van der Waals surface area (Å²) in [7, 11) is -9.60.